The van der Waals surface area contributed by atoms with Crippen molar-refractivity contribution in [1.82, 2.24) is 16.0 Å². The molecule has 0 spiro atoms. The molecule has 29 atom stereocenters. The quantitative estimate of drug-likeness (QED) is 0.0452. The minimum Gasteiger partial charge on any atom is -0.394 e. The predicted molar refractivity (Wildman–Crippen MR) is 236 cm³/mol. The zero-order valence-electron chi connectivity index (χ0n) is 41.0. The Morgan fingerprint density at radius 2 is 0.868 bits per heavy atom. The molecule has 0 aromatic heterocycles. The van der Waals surface area contributed by atoms with E-state index in [0.29, 0.717) is 0 Å². The van der Waals surface area contributed by atoms with Gasteiger partial charge in [0.1, 0.15) is 140 Å². The van der Waals surface area contributed by atoms with Crippen molar-refractivity contribution in [2.75, 3.05) is 46.2 Å². The fourth-order valence-electron chi connectivity index (χ4n) is 9.22. The molecule has 0 radical (unpaired) electrons. The summed E-state index contributed by atoms with van der Waals surface area (Å²) in [7, 11) is 0. The van der Waals surface area contributed by atoms with Crippen molar-refractivity contribution in [1.29, 1.82) is 0 Å². The van der Waals surface area contributed by atoms with E-state index >= 15 is 0 Å². The van der Waals surface area contributed by atoms with E-state index in [4.69, 9.17) is 47.4 Å². The van der Waals surface area contributed by atoms with Crippen molar-refractivity contribution < 1.29 is 154 Å². The summed E-state index contributed by atoms with van der Waals surface area (Å²) in [4.78, 5) is 37.3. The standard InChI is InChI=1S/C42H73N3O31/c1-11(52)43-14(4-46)34(23(56)15(55)10-67-38-21(44-12(2)53)28(61)35(20(9-51)72-38)74-40-31(64)29(62)24(57)16(5-47)69-40)73-42-33(66)37(27(60)19(8-50)71-42)76-39-22(45-13(3)54)36(26(59)18(7-49)68-39)75-41-32(65)30(63)25(58)17(6-48)70-41/h14-42,46-51,55-66H,4-10H2,1-3H3,(H,43,52)(H,44,53)(H,45,54)/t14-,15+,16+,17+,18+,19+,20+,21+,22+,23-,24-,25-,26+,27-,28+,29-,30-,31+,32+,33+,34-,35+,36+,37-,38+,39-,40-,41-,42-/m0/s1. The van der Waals surface area contributed by atoms with E-state index in [2.05, 4.69) is 16.0 Å². The predicted octanol–water partition coefficient (Wildman–Crippen LogP) is -14.0. The molecule has 5 aliphatic heterocycles. The van der Waals surface area contributed by atoms with Crippen molar-refractivity contribution in [2.45, 2.75) is 199 Å². The molecule has 5 rings (SSSR count). The number of amides is 3. The van der Waals surface area contributed by atoms with Gasteiger partial charge in [0.15, 0.2) is 31.5 Å². The molecule has 0 bridgehead atoms. The topological polar surface area (TPSA) is 544 Å². The minimum absolute atomic E-state index is 0.808. The van der Waals surface area contributed by atoms with Crippen LogP contribution in [-0.4, -0.2) is 334 Å². The highest BCUT2D eigenvalue weighted by molar-refractivity contribution is 5.74. The van der Waals surface area contributed by atoms with Crippen molar-refractivity contribution in [3.05, 3.63) is 0 Å². The van der Waals surface area contributed by atoms with Crippen LogP contribution < -0.4 is 16.0 Å². The van der Waals surface area contributed by atoms with E-state index in [9.17, 15) is 106 Å². The van der Waals surface area contributed by atoms with Gasteiger partial charge in [-0.2, -0.15) is 0 Å². The second-order valence-electron chi connectivity index (χ2n) is 18.8. The number of nitrogens with one attached hydrogen (secondary N) is 3. The van der Waals surface area contributed by atoms with Crippen LogP contribution in [0.4, 0.5) is 0 Å². The lowest BCUT2D eigenvalue weighted by Crippen LogP contribution is -2.70. The molecular formula is C42H73N3O31. The fourth-order valence-corrected chi connectivity index (χ4v) is 9.22. The molecule has 76 heavy (non-hydrogen) atoms. The number of rotatable bonds is 23. The smallest absolute Gasteiger partial charge is 0.217 e. The molecule has 5 heterocycles. The van der Waals surface area contributed by atoms with Gasteiger partial charge in [-0.25, -0.2) is 0 Å². The maximum absolute atomic E-state index is 12.6. The molecule has 0 saturated carbocycles. The van der Waals surface area contributed by atoms with Gasteiger partial charge in [-0.1, -0.05) is 0 Å². The van der Waals surface area contributed by atoms with Crippen LogP contribution in [0.2, 0.25) is 0 Å². The Hall–Kier alpha value is -2.71. The summed E-state index contributed by atoms with van der Waals surface area (Å²) in [6.45, 7) is -3.92. The third kappa shape index (κ3) is 14.8. The lowest BCUT2D eigenvalue weighted by molar-refractivity contribution is -0.370. The summed E-state index contributed by atoms with van der Waals surface area (Å²) in [5, 5.41) is 199. The van der Waals surface area contributed by atoms with Gasteiger partial charge in [0.25, 0.3) is 0 Å². The number of aliphatic hydroxyl groups excluding tert-OH is 18. The molecule has 34 heteroatoms. The molecule has 21 N–H and O–H groups in total. The second kappa shape index (κ2) is 28.6. The third-order valence-corrected chi connectivity index (χ3v) is 13.3. The van der Waals surface area contributed by atoms with Gasteiger partial charge >= 0.3 is 0 Å². The maximum atomic E-state index is 12.6. The molecule has 0 unspecified atom stereocenters. The third-order valence-electron chi connectivity index (χ3n) is 13.3. The highest BCUT2D eigenvalue weighted by Gasteiger charge is 2.56. The summed E-state index contributed by atoms with van der Waals surface area (Å²) in [5.41, 5.74) is 0. The molecular weight excluding hydrogens is 1040 g/mol. The minimum atomic E-state index is -2.33. The molecule has 442 valence electrons. The van der Waals surface area contributed by atoms with Crippen molar-refractivity contribution in [2.24, 2.45) is 0 Å². The van der Waals surface area contributed by atoms with Crippen LogP contribution in [0.5, 0.6) is 0 Å². The molecule has 5 aliphatic rings. The van der Waals surface area contributed by atoms with Crippen molar-refractivity contribution in [3.63, 3.8) is 0 Å². The number of hydrogen-bond donors (Lipinski definition) is 21. The Morgan fingerprint density at radius 3 is 1.34 bits per heavy atom. The first-order chi connectivity index (χ1) is 35.9. The molecule has 5 fully saturated rings. The second-order valence-corrected chi connectivity index (χ2v) is 18.8. The number of carbonyl (C=O) groups excluding carboxylic acids is 3. The van der Waals surface area contributed by atoms with E-state index in [-0.39, 0.29) is 0 Å². The lowest BCUT2D eigenvalue weighted by atomic mass is 9.94. The van der Waals surface area contributed by atoms with Crippen LogP contribution in [-0.2, 0) is 61.8 Å². The van der Waals surface area contributed by atoms with Gasteiger partial charge in [0.2, 0.25) is 17.7 Å². The Labute approximate surface area is 431 Å². The number of carbonyl (C=O) groups is 3. The summed E-state index contributed by atoms with van der Waals surface area (Å²) < 4.78 is 56.9. The van der Waals surface area contributed by atoms with Crippen LogP contribution in [0.3, 0.4) is 0 Å². The average Bonchev–Trinajstić information content (AvgIpc) is 3.39. The number of aliphatic hydroxyl groups is 18. The lowest BCUT2D eigenvalue weighted by Gasteiger charge is -2.49. The zero-order chi connectivity index (χ0) is 56.6. The maximum Gasteiger partial charge on any atom is 0.217 e. The first kappa shape index (κ1) is 64.1. The zero-order valence-corrected chi connectivity index (χ0v) is 41.0. The molecule has 34 nitrogen and oxygen atoms in total. The summed E-state index contributed by atoms with van der Waals surface area (Å²) in [5.74, 6) is -2.51. The van der Waals surface area contributed by atoms with Crippen LogP contribution >= 0.6 is 0 Å². The first-order valence-corrected chi connectivity index (χ1v) is 24.0. The van der Waals surface area contributed by atoms with Crippen LogP contribution in [0, 0.1) is 0 Å². The molecule has 3 amide bonds. The normalized spacial score (nSPS) is 43.8. The van der Waals surface area contributed by atoms with E-state index in [1.54, 1.807) is 0 Å². The molecule has 0 aromatic carbocycles. The van der Waals surface area contributed by atoms with Crippen LogP contribution in [0.25, 0.3) is 0 Å². The van der Waals surface area contributed by atoms with Gasteiger partial charge in [0, 0.05) is 20.8 Å². The highest BCUT2D eigenvalue weighted by atomic mass is 16.8. The molecule has 0 aromatic rings. The van der Waals surface area contributed by atoms with E-state index in [0.717, 1.165) is 20.8 Å². The van der Waals surface area contributed by atoms with Crippen molar-refractivity contribution >= 4 is 17.7 Å². The van der Waals surface area contributed by atoms with Gasteiger partial charge in [-0.3, -0.25) is 14.4 Å². The first-order valence-electron chi connectivity index (χ1n) is 24.0. The van der Waals surface area contributed by atoms with E-state index < -0.39 is 242 Å². The van der Waals surface area contributed by atoms with Gasteiger partial charge in [-0.15, -0.1) is 0 Å². The Morgan fingerprint density at radius 1 is 0.447 bits per heavy atom. The van der Waals surface area contributed by atoms with Gasteiger partial charge in [-0.05, 0) is 0 Å². The van der Waals surface area contributed by atoms with E-state index in [1.165, 1.54) is 0 Å². The number of ether oxygens (including phenoxy) is 10. The summed E-state index contributed by atoms with van der Waals surface area (Å²) >= 11 is 0. The Kier molecular flexibility index (Phi) is 24.1. The monoisotopic (exact) mass is 1120 g/mol. The SMILES string of the molecule is CC(=O)N[C@H]1[C@H](OC[C@@H](O)[C@H](O)[C@@H](O[C@@H]2O[C@H](CO)[C@H](O)[C@H](O[C@@H]3O[C@H](CO)[C@@H](O)[C@H](O[C@@H]4O[C@H](CO)[C@H](O)[C@H](O)[C@H]4O)[C@H]3NC(C)=O)[C@H]2O)[C@H](CO)NC(C)=O)O[C@H](CO)[C@@H](O[C@@H]2O[C@H](CO)[C@H](O)[C@H](O)[C@H]2O)[C@@H]1O. The largest absolute Gasteiger partial charge is 0.394 e. The highest BCUT2D eigenvalue weighted by Crippen LogP contribution is 2.35. The Balaban J connectivity index is 1.38. The number of hydrogen-bond acceptors (Lipinski definition) is 31. The summed E-state index contributed by atoms with van der Waals surface area (Å²) in [6, 6.07) is -5.13. The van der Waals surface area contributed by atoms with Crippen molar-refractivity contribution in [3.8, 4) is 0 Å². The van der Waals surface area contributed by atoms with Crippen LogP contribution in [0.1, 0.15) is 20.8 Å². The van der Waals surface area contributed by atoms with E-state index in [1.807, 2.05) is 0 Å². The fraction of sp³-hybridized carbons (Fsp3) is 0.929. The molecule has 0 aliphatic carbocycles. The Bertz CT molecular complexity index is 1820. The van der Waals surface area contributed by atoms with Gasteiger partial charge in [0.05, 0.1) is 52.3 Å². The van der Waals surface area contributed by atoms with Crippen LogP contribution in [0.15, 0.2) is 0 Å². The average molecular weight is 1120 g/mol. The van der Waals surface area contributed by atoms with Gasteiger partial charge < -0.3 is 155 Å². The molecule has 5 saturated heterocycles. The summed E-state index contributed by atoms with van der Waals surface area (Å²) in [6.07, 6.45) is -50.0.